The van der Waals surface area contributed by atoms with Crippen LogP contribution in [0, 0.1) is 5.92 Å². The summed E-state index contributed by atoms with van der Waals surface area (Å²) in [4.78, 5) is 12.1. The van der Waals surface area contributed by atoms with Gasteiger partial charge < -0.3 is 20.5 Å². The monoisotopic (exact) mass is 280 g/mol. The van der Waals surface area contributed by atoms with E-state index < -0.39 is 0 Å². The summed E-state index contributed by atoms with van der Waals surface area (Å²) in [6.07, 6.45) is 1.02. The predicted octanol–water partition coefficient (Wildman–Crippen LogP) is 2.07. The van der Waals surface area contributed by atoms with Crippen LogP contribution in [0.5, 0.6) is 5.75 Å². The van der Waals surface area contributed by atoms with Gasteiger partial charge in [0, 0.05) is 18.8 Å². The van der Waals surface area contributed by atoms with Crippen LogP contribution >= 0.6 is 0 Å². The lowest BCUT2D eigenvalue weighted by molar-refractivity contribution is 0.0904. The number of carbonyl (C=O) groups is 1. The zero-order chi connectivity index (χ0) is 15.0. The molecule has 0 aliphatic carbocycles. The Morgan fingerprint density at radius 2 is 2.10 bits per heavy atom. The fourth-order valence-electron chi connectivity index (χ4n) is 1.71. The van der Waals surface area contributed by atoms with Crippen LogP contribution in [-0.2, 0) is 4.74 Å². The van der Waals surface area contributed by atoms with E-state index in [2.05, 4.69) is 19.2 Å². The van der Waals surface area contributed by atoms with Crippen LogP contribution in [0.15, 0.2) is 18.2 Å². The van der Waals surface area contributed by atoms with Crippen molar-refractivity contribution < 1.29 is 14.3 Å². The standard InChI is InChI=1S/C15H24N2O3/c1-11(2)7-9-20-10-8-17-15(18)14-12(16)5-4-6-13(14)19-3/h4-6,11H,7-10,16H2,1-3H3,(H,17,18). The maximum atomic E-state index is 12.1. The second kappa shape index (κ2) is 8.43. The first-order chi connectivity index (χ1) is 9.56. The Hall–Kier alpha value is -1.75. The average Bonchev–Trinajstić information content (AvgIpc) is 2.41. The highest BCUT2D eigenvalue weighted by Gasteiger charge is 2.14. The van der Waals surface area contributed by atoms with Crippen molar-refractivity contribution in [2.45, 2.75) is 20.3 Å². The summed E-state index contributed by atoms with van der Waals surface area (Å²) in [5.41, 5.74) is 6.59. The Morgan fingerprint density at radius 3 is 2.75 bits per heavy atom. The van der Waals surface area contributed by atoms with Gasteiger partial charge in [0.05, 0.1) is 13.7 Å². The summed E-state index contributed by atoms with van der Waals surface area (Å²) in [6.45, 7) is 5.96. The highest BCUT2D eigenvalue weighted by Crippen LogP contribution is 2.23. The smallest absolute Gasteiger partial charge is 0.257 e. The zero-order valence-electron chi connectivity index (χ0n) is 12.4. The number of hydrogen-bond acceptors (Lipinski definition) is 4. The highest BCUT2D eigenvalue weighted by atomic mass is 16.5. The van der Waals surface area contributed by atoms with Gasteiger partial charge in [0.2, 0.25) is 0 Å². The minimum absolute atomic E-state index is 0.243. The van der Waals surface area contributed by atoms with E-state index in [1.165, 1.54) is 7.11 Å². The molecule has 0 spiro atoms. The maximum Gasteiger partial charge on any atom is 0.257 e. The second-order valence-electron chi connectivity index (χ2n) is 4.98. The number of methoxy groups -OCH3 is 1. The fourth-order valence-corrected chi connectivity index (χ4v) is 1.71. The maximum absolute atomic E-state index is 12.1. The summed E-state index contributed by atoms with van der Waals surface area (Å²) in [5.74, 6) is 0.855. The number of nitrogens with one attached hydrogen (secondary N) is 1. The number of hydrogen-bond donors (Lipinski definition) is 2. The molecular weight excluding hydrogens is 256 g/mol. The van der Waals surface area contributed by atoms with Crippen LogP contribution in [0.4, 0.5) is 5.69 Å². The van der Waals surface area contributed by atoms with Crippen molar-refractivity contribution in [3.8, 4) is 5.75 Å². The number of rotatable bonds is 8. The molecule has 1 amide bonds. The molecule has 1 rings (SSSR count). The number of benzene rings is 1. The zero-order valence-corrected chi connectivity index (χ0v) is 12.4. The Kier molecular flexibility index (Phi) is 6.87. The molecule has 0 atom stereocenters. The normalized spacial score (nSPS) is 10.6. The quantitative estimate of drug-likeness (QED) is 0.565. The average molecular weight is 280 g/mol. The van der Waals surface area contributed by atoms with Crippen molar-refractivity contribution in [2.75, 3.05) is 32.6 Å². The molecule has 0 bridgehead atoms. The van der Waals surface area contributed by atoms with Crippen LogP contribution in [0.2, 0.25) is 0 Å². The van der Waals surface area contributed by atoms with Gasteiger partial charge in [-0.05, 0) is 24.5 Å². The van der Waals surface area contributed by atoms with E-state index in [1.807, 2.05) is 0 Å². The van der Waals surface area contributed by atoms with Crippen LogP contribution in [0.25, 0.3) is 0 Å². The van der Waals surface area contributed by atoms with Gasteiger partial charge >= 0.3 is 0 Å². The summed E-state index contributed by atoms with van der Waals surface area (Å²) in [7, 11) is 1.51. The van der Waals surface area contributed by atoms with E-state index in [4.69, 9.17) is 15.2 Å². The molecule has 112 valence electrons. The molecule has 0 aliphatic heterocycles. The van der Waals surface area contributed by atoms with E-state index in [-0.39, 0.29) is 5.91 Å². The number of carbonyl (C=O) groups excluding carboxylic acids is 1. The fraction of sp³-hybridized carbons (Fsp3) is 0.533. The summed E-state index contributed by atoms with van der Waals surface area (Å²) in [5, 5.41) is 2.78. The third-order valence-corrected chi connectivity index (χ3v) is 2.88. The van der Waals surface area contributed by atoms with Gasteiger partial charge in [-0.3, -0.25) is 4.79 Å². The number of amides is 1. The number of ether oxygens (including phenoxy) is 2. The number of nitrogens with two attached hydrogens (primary N) is 1. The van der Waals surface area contributed by atoms with Crippen molar-refractivity contribution in [2.24, 2.45) is 5.92 Å². The van der Waals surface area contributed by atoms with Gasteiger partial charge in [-0.2, -0.15) is 0 Å². The van der Waals surface area contributed by atoms with Crippen molar-refractivity contribution in [1.82, 2.24) is 5.32 Å². The molecule has 0 unspecified atom stereocenters. The molecule has 0 saturated heterocycles. The Bertz CT molecular complexity index is 433. The van der Waals surface area contributed by atoms with E-state index in [1.54, 1.807) is 18.2 Å². The van der Waals surface area contributed by atoms with Crippen LogP contribution in [-0.4, -0.2) is 32.8 Å². The summed E-state index contributed by atoms with van der Waals surface area (Å²) < 4.78 is 10.6. The largest absolute Gasteiger partial charge is 0.496 e. The third-order valence-electron chi connectivity index (χ3n) is 2.88. The Balaban J connectivity index is 2.40. The van der Waals surface area contributed by atoms with Gasteiger partial charge in [0.25, 0.3) is 5.91 Å². The molecule has 1 aromatic carbocycles. The molecule has 5 heteroatoms. The second-order valence-corrected chi connectivity index (χ2v) is 4.98. The third kappa shape index (κ3) is 5.09. The molecule has 0 aromatic heterocycles. The van der Waals surface area contributed by atoms with Crippen molar-refractivity contribution >= 4 is 11.6 Å². The van der Waals surface area contributed by atoms with Gasteiger partial charge in [-0.25, -0.2) is 0 Å². The first-order valence-corrected chi connectivity index (χ1v) is 6.84. The molecule has 0 fully saturated rings. The molecule has 0 aliphatic rings. The molecule has 20 heavy (non-hydrogen) atoms. The van der Waals surface area contributed by atoms with Gasteiger partial charge in [0.1, 0.15) is 11.3 Å². The van der Waals surface area contributed by atoms with E-state index >= 15 is 0 Å². The van der Waals surface area contributed by atoms with Crippen LogP contribution < -0.4 is 15.8 Å². The molecule has 3 N–H and O–H groups in total. The van der Waals surface area contributed by atoms with Gasteiger partial charge in [0.15, 0.2) is 0 Å². The van der Waals surface area contributed by atoms with E-state index in [0.29, 0.717) is 42.7 Å². The van der Waals surface area contributed by atoms with Crippen LogP contribution in [0.1, 0.15) is 30.6 Å². The summed E-state index contributed by atoms with van der Waals surface area (Å²) in [6, 6.07) is 5.14. The molecule has 5 nitrogen and oxygen atoms in total. The van der Waals surface area contributed by atoms with Crippen molar-refractivity contribution in [3.05, 3.63) is 23.8 Å². The predicted molar refractivity (Wildman–Crippen MR) is 80.0 cm³/mol. The first kappa shape index (κ1) is 16.3. The Morgan fingerprint density at radius 1 is 1.35 bits per heavy atom. The van der Waals surface area contributed by atoms with Gasteiger partial charge in [-0.15, -0.1) is 0 Å². The minimum atomic E-state index is -0.243. The first-order valence-electron chi connectivity index (χ1n) is 6.84. The van der Waals surface area contributed by atoms with E-state index in [0.717, 1.165) is 6.42 Å². The van der Waals surface area contributed by atoms with Gasteiger partial charge in [-0.1, -0.05) is 19.9 Å². The van der Waals surface area contributed by atoms with Crippen molar-refractivity contribution in [1.29, 1.82) is 0 Å². The lowest BCUT2D eigenvalue weighted by atomic mass is 10.1. The highest BCUT2D eigenvalue weighted by molar-refractivity contribution is 6.01. The Labute approximate surface area is 120 Å². The lowest BCUT2D eigenvalue weighted by Gasteiger charge is -2.12. The number of anilines is 1. The summed E-state index contributed by atoms with van der Waals surface area (Å²) >= 11 is 0. The topological polar surface area (TPSA) is 73.6 Å². The van der Waals surface area contributed by atoms with Crippen LogP contribution in [0.3, 0.4) is 0 Å². The molecular formula is C15H24N2O3. The molecule has 1 aromatic rings. The SMILES string of the molecule is COc1cccc(N)c1C(=O)NCCOCCC(C)C. The molecule has 0 radical (unpaired) electrons. The molecule has 0 heterocycles. The minimum Gasteiger partial charge on any atom is -0.496 e. The molecule has 0 saturated carbocycles. The lowest BCUT2D eigenvalue weighted by Crippen LogP contribution is -2.28. The van der Waals surface area contributed by atoms with E-state index in [9.17, 15) is 4.79 Å². The van der Waals surface area contributed by atoms with Crippen molar-refractivity contribution in [3.63, 3.8) is 0 Å². The number of nitrogen functional groups attached to an aromatic ring is 1.